The number of benzene rings is 6. The van der Waals surface area contributed by atoms with Crippen molar-refractivity contribution in [1.29, 1.82) is 0 Å². The van der Waals surface area contributed by atoms with Gasteiger partial charge in [-0.15, -0.1) is 0 Å². The van der Waals surface area contributed by atoms with Gasteiger partial charge in [0.1, 0.15) is 109 Å². The standard InChI is InChI=1S/3C27H26F3N5O4/c3*1-32-7-9-33-16-34(10-8-32)35-14-20(26(37)31-13-19-21(29)11-18(28)12-22(19)30)24(36)25(23(35)27(33)38)39-15-17-5-3-2-4-6-17/h3*2-6,11-12,14H,7-10,13,15-16H2,1H3,(H,31,37). The lowest BCUT2D eigenvalue weighted by molar-refractivity contribution is 0.0634. The number of rotatable bonds is 18. The highest BCUT2D eigenvalue weighted by molar-refractivity contribution is 6.02. The molecule has 0 saturated carbocycles. The van der Waals surface area contributed by atoms with E-state index in [1.54, 1.807) is 87.5 Å². The number of likely N-dealkylation sites (N-methyl/N-ethyl adjacent to an activating group) is 3. The van der Waals surface area contributed by atoms with E-state index in [9.17, 15) is 82.7 Å². The van der Waals surface area contributed by atoms with Gasteiger partial charge in [-0.2, -0.15) is 0 Å². The number of pyridine rings is 3. The van der Waals surface area contributed by atoms with Crippen molar-refractivity contribution in [3.05, 3.63) is 296 Å². The third kappa shape index (κ3) is 18.4. The number of hydrogen-bond acceptors (Lipinski definition) is 18. The third-order valence-electron chi connectivity index (χ3n) is 20.3. The average molecular weight is 1620 g/mol. The highest BCUT2D eigenvalue weighted by Gasteiger charge is 2.41. The topological polar surface area (TPSA) is 261 Å². The lowest BCUT2D eigenvalue weighted by atomic mass is 10.1. The predicted octanol–water partition coefficient (Wildman–Crippen LogP) is 6.21. The molecule has 0 aliphatic carbocycles. The van der Waals surface area contributed by atoms with E-state index < -0.39 is 140 Å². The summed E-state index contributed by atoms with van der Waals surface area (Å²) in [6.07, 6.45) is 3.74. The summed E-state index contributed by atoms with van der Waals surface area (Å²) in [6.45, 7) is 5.50. The molecule has 0 spiro atoms. The van der Waals surface area contributed by atoms with Crippen LogP contribution < -0.4 is 61.5 Å². The molecule has 6 bridgehead atoms. The Labute approximate surface area is 662 Å². The first-order valence-corrected chi connectivity index (χ1v) is 37.0. The van der Waals surface area contributed by atoms with Crippen LogP contribution in [0.15, 0.2) is 160 Å². The molecule has 3 N–H and O–H groups in total. The molecule has 15 rings (SSSR count). The Hall–Kier alpha value is -13.0. The summed E-state index contributed by atoms with van der Waals surface area (Å²) in [6, 6.07) is 30.1. The quantitative estimate of drug-likeness (QED) is 0.0806. The zero-order chi connectivity index (χ0) is 83.0. The SMILES string of the molecule is CN1CCN2CN(CC1)n1cc(C(=O)NCc3c(F)cc(F)cc3F)c(=O)c(OCc3ccccc3)c1C2=O.CN1CCN2CN(CC1)n1cc(C(=O)NCc3c(F)cc(F)cc3F)c(=O)c(OCc3ccccc3)c1C2=O.CN1CCN2CN(CC1)n1cc(C(=O)NCc3c(F)cc(F)cc3F)c(=O)c(OCc3ccccc3)c1C2=O. The van der Waals surface area contributed by atoms with Crippen LogP contribution in [-0.4, -0.2) is 199 Å². The number of hydrogen-bond donors (Lipinski definition) is 3. The molecule has 36 heteroatoms. The van der Waals surface area contributed by atoms with Gasteiger partial charge in [-0.1, -0.05) is 91.0 Å². The van der Waals surface area contributed by atoms with E-state index in [0.717, 1.165) is 16.7 Å². The highest BCUT2D eigenvalue weighted by Crippen LogP contribution is 2.30. The smallest absolute Gasteiger partial charge is 0.277 e. The van der Waals surface area contributed by atoms with Crippen molar-refractivity contribution in [2.45, 2.75) is 39.5 Å². The van der Waals surface area contributed by atoms with E-state index in [0.29, 0.717) is 115 Å². The molecule has 9 heterocycles. The van der Waals surface area contributed by atoms with Crippen LogP contribution in [0.5, 0.6) is 17.2 Å². The number of halogens is 9. The second-order valence-corrected chi connectivity index (χ2v) is 28.3. The van der Waals surface area contributed by atoms with Gasteiger partial charge in [0.25, 0.3) is 35.4 Å². The zero-order valence-electron chi connectivity index (χ0n) is 63.4. The molecular formula is C81H78F9N15O12. The first kappa shape index (κ1) is 82.0. The summed E-state index contributed by atoms with van der Waals surface area (Å²) in [7, 11) is 5.79. The summed E-state index contributed by atoms with van der Waals surface area (Å²) in [5.74, 6) is -15.2. The maximum Gasteiger partial charge on any atom is 0.277 e. The molecule has 0 atom stereocenters. The average Bonchev–Trinajstić information content (AvgIpc) is 0.756. The van der Waals surface area contributed by atoms with Crippen LogP contribution in [0.1, 0.15) is 95.9 Å². The van der Waals surface area contributed by atoms with Crippen molar-refractivity contribution >= 4 is 35.4 Å². The first-order chi connectivity index (χ1) is 56.2. The Kier molecular flexibility index (Phi) is 25.1. The summed E-state index contributed by atoms with van der Waals surface area (Å²) in [4.78, 5) is 132. The van der Waals surface area contributed by atoms with Gasteiger partial charge in [-0.25, -0.2) is 39.5 Å². The molecule has 0 radical (unpaired) electrons. The number of amides is 6. The molecule has 3 saturated heterocycles. The van der Waals surface area contributed by atoms with Crippen molar-refractivity contribution in [2.24, 2.45) is 0 Å². The Morgan fingerprint density at radius 1 is 0.333 bits per heavy atom. The van der Waals surface area contributed by atoms with Crippen LogP contribution in [0, 0.1) is 52.4 Å². The fourth-order valence-corrected chi connectivity index (χ4v) is 13.6. The summed E-state index contributed by atoms with van der Waals surface area (Å²) >= 11 is 0. The highest BCUT2D eigenvalue weighted by atomic mass is 19.2. The van der Waals surface area contributed by atoms with Crippen molar-refractivity contribution in [1.82, 2.24) is 59.4 Å². The van der Waals surface area contributed by atoms with E-state index in [1.807, 2.05) is 54.4 Å². The Morgan fingerprint density at radius 3 is 0.803 bits per heavy atom. The van der Waals surface area contributed by atoms with Crippen LogP contribution in [0.3, 0.4) is 0 Å². The molecule has 3 aromatic heterocycles. The predicted molar refractivity (Wildman–Crippen MR) is 406 cm³/mol. The molecule has 6 aliphatic rings. The second-order valence-electron chi connectivity index (χ2n) is 28.3. The number of aromatic nitrogens is 3. The number of ether oxygens (including phenoxy) is 3. The van der Waals surface area contributed by atoms with Crippen molar-refractivity contribution in [3.8, 4) is 17.2 Å². The summed E-state index contributed by atoms with van der Waals surface area (Å²) < 4.78 is 147. The summed E-state index contributed by atoms with van der Waals surface area (Å²) in [5, 5.41) is 12.4. The molecule has 3 fully saturated rings. The largest absolute Gasteiger partial charge is 0.482 e. The van der Waals surface area contributed by atoms with E-state index >= 15 is 0 Å². The van der Waals surface area contributed by atoms with Crippen molar-refractivity contribution in [3.63, 3.8) is 0 Å². The minimum atomic E-state index is -1.17. The summed E-state index contributed by atoms with van der Waals surface area (Å²) in [5.41, 5.74) is -3.06. The lowest BCUT2D eigenvalue weighted by Gasteiger charge is -2.43. The molecule has 6 aromatic carbocycles. The Balaban J connectivity index is 0.000000152. The van der Waals surface area contributed by atoms with Gasteiger partial charge in [0.05, 0.1) is 0 Å². The molecular weight excluding hydrogens is 1550 g/mol. The van der Waals surface area contributed by atoms with Crippen LogP contribution >= 0.6 is 0 Å². The van der Waals surface area contributed by atoms with E-state index in [4.69, 9.17) is 14.2 Å². The van der Waals surface area contributed by atoms with Gasteiger partial charge >= 0.3 is 0 Å². The van der Waals surface area contributed by atoms with Gasteiger partial charge in [0.2, 0.25) is 16.3 Å². The zero-order valence-corrected chi connectivity index (χ0v) is 63.4. The first-order valence-electron chi connectivity index (χ1n) is 37.0. The van der Waals surface area contributed by atoms with Gasteiger partial charge in [0, 0.05) is 170 Å². The van der Waals surface area contributed by atoms with E-state index in [2.05, 4.69) is 30.7 Å². The lowest BCUT2D eigenvalue weighted by Crippen LogP contribution is -2.59. The number of nitrogens with one attached hydrogen (secondary N) is 3. The molecule has 27 nitrogen and oxygen atoms in total. The Bertz CT molecular complexity index is 4900. The minimum absolute atomic E-state index is 0.00101. The van der Waals surface area contributed by atoms with Crippen molar-refractivity contribution < 1.29 is 82.5 Å². The number of carbonyl (C=O) groups excluding carboxylic acids is 6. The molecule has 6 aliphatic heterocycles. The minimum Gasteiger partial charge on any atom is -0.482 e. The Morgan fingerprint density at radius 2 is 0.564 bits per heavy atom. The van der Waals surface area contributed by atoms with Gasteiger partial charge in [-0.3, -0.25) is 72.2 Å². The molecule has 0 unspecified atom stereocenters. The number of nitrogens with zero attached hydrogens (tertiary/aromatic N) is 12. The second kappa shape index (κ2) is 35.8. The molecule has 612 valence electrons. The van der Waals surface area contributed by atoms with Gasteiger partial charge in [-0.05, 0) is 37.8 Å². The third-order valence-corrected chi connectivity index (χ3v) is 20.3. The van der Waals surface area contributed by atoms with E-state index in [-0.39, 0.29) is 90.8 Å². The van der Waals surface area contributed by atoms with Crippen LogP contribution in [0.25, 0.3) is 0 Å². The fourth-order valence-electron chi connectivity index (χ4n) is 13.6. The molecule has 6 amide bonds. The van der Waals surface area contributed by atoms with Gasteiger partial charge < -0.3 is 59.6 Å². The normalized spacial score (nSPS) is 15.4. The molecule has 9 aromatic rings. The number of fused-ring (bicyclic) bond motifs is 12. The van der Waals surface area contributed by atoms with Crippen LogP contribution in [-0.2, 0) is 39.5 Å². The molecule has 117 heavy (non-hydrogen) atoms. The fraction of sp³-hybridized carbons (Fsp3) is 0.296. The maximum absolute atomic E-state index is 14.1. The maximum atomic E-state index is 14.1. The van der Waals surface area contributed by atoms with Crippen LogP contribution in [0.4, 0.5) is 39.5 Å². The van der Waals surface area contributed by atoms with Crippen molar-refractivity contribution in [2.75, 3.05) is 135 Å². The van der Waals surface area contributed by atoms with Crippen LogP contribution in [0.2, 0.25) is 0 Å². The number of carbonyl (C=O) groups is 6. The van der Waals surface area contributed by atoms with Gasteiger partial charge in [0.15, 0.2) is 34.3 Å². The monoisotopic (exact) mass is 1620 g/mol. The van der Waals surface area contributed by atoms with E-state index in [1.165, 1.54) is 32.6 Å².